The molecule has 0 aliphatic heterocycles. The molecular formula is C17H19F2N. The van der Waals surface area contributed by atoms with Crippen LogP contribution in [0.15, 0.2) is 36.4 Å². The van der Waals surface area contributed by atoms with E-state index in [-0.39, 0.29) is 17.7 Å². The third-order valence-corrected chi connectivity index (χ3v) is 3.42. The maximum absolute atomic E-state index is 14.0. The van der Waals surface area contributed by atoms with Gasteiger partial charge >= 0.3 is 0 Å². The molecule has 1 nitrogen and oxygen atoms in total. The van der Waals surface area contributed by atoms with Crippen molar-refractivity contribution in [2.24, 2.45) is 0 Å². The van der Waals surface area contributed by atoms with Crippen LogP contribution in [-0.2, 0) is 0 Å². The van der Waals surface area contributed by atoms with Crippen molar-refractivity contribution in [3.8, 4) is 0 Å². The van der Waals surface area contributed by atoms with Gasteiger partial charge in [0.1, 0.15) is 11.6 Å². The predicted molar refractivity (Wildman–Crippen MR) is 77.8 cm³/mol. The normalized spacial score (nSPS) is 12.4. The second-order valence-corrected chi connectivity index (χ2v) is 4.98. The maximum Gasteiger partial charge on any atom is 0.129 e. The van der Waals surface area contributed by atoms with Gasteiger partial charge in [-0.25, -0.2) is 8.78 Å². The molecule has 0 amide bonds. The van der Waals surface area contributed by atoms with Crippen LogP contribution in [0.1, 0.15) is 35.2 Å². The van der Waals surface area contributed by atoms with Gasteiger partial charge in [0, 0.05) is 5.56 Å². The molecule has 2 aromatic rings. The molecule has 1 N–H and O–H groups in total. The van der Waals surface area contributed by atoms with Crippen molar-refractivity contribution in [2.75, 3.05) is 6.54 Å². The van der Waals surface area contributed by atoms with Gasteiger partial charge in [0.2, 0.25) is 0 Å². The smallest absolute Gasteiger partial charge is 0.129 e. The number of rotatable bonds is 4. The van der Waals surface area contributed by atoms with Crippen LogP contribution in [0.3, 0.4) is 0 Å². The molecule has 0 saturated heterocycles. The molecule has 0 aliphatic rings. The first-order valence-corrected chi connectivity index (χ1v) is 6.79. The van der Waals surface area contributed by atoms with E-state index in [0.29, 0.717) is 23.2 Å². The molecule has 0 fully saturated rings. The highest BCUT2D eigenvalue weighted by molar-refractivity contribution is 5.38. The van der Waals surface area contributed by atoms with Crippen molar-refractivity contribution in [3.63, 3.8) is 0 Å². The molecule has 1 unspecified atom stereocenters. The van der Waals surface area contributed by atoms with Gasteiger partial charge in [-0.15, -0.1) is 0 Å². The summed E-state index contributed by atoms with van der Waals surface area (Å²) in [6.07, 6.45) is 0. The van der Waals surface area contributed by atoms with E-state index < -0.39 is 0 Å². The van der Waals surface area contributed by atoms with Crippen LogP contribution >= 0.6 is 0 Å². The van der Waals surface area contributed by atoms with E-state index in [4.69, 9.17) is 0 Å². The Morgan fingerprint density at radius 2 is 1.65 bits per heavy atom. The van der Waals surface area contributed by atoms with E-state index in [0.717, 1.165) is 5.56 Å². The molecule has 106 valence electrons. The number of hydrogen-bond acceptors (Lipinski definition) is 1. The van der Waals surface area contributed by atoms with Crippen LogP contribution in [0.25, 0.3) is 0 Å². The summed E-state index contributed by atoms with van der Waals surface area (Å²) in [6, 6.07) is 9.98. The van der Waals surface area contributed by atoms with Crippen LogP contribution in [0, 0.1) is 25.5 Å². The summed E-state index contributed by atoms with van der Waals surface area (Å²) in [5.41, 5.74) is 2.63. The summed E-state index contributed by atoms with van der Waals surface area (Å²) in [7, 11) is 0. The standard InChI is InChI=1S/C17H19F2N/c1-4-20-17(14-7-5-6-8-15(14)18)13-9-11(2)16(19)12(3)10-13/h5-10,17,20H,4H2,1-3H3. The average molecular weight is 275 g/mol. The first kappa shape index (κ1) is 14.7. The molecule has 0 bridgehead atoms. The Bertz CT molecular complexity index is 585. The van der Waals surface area contributed by atoms with Crippen LogP contribution in [-0.4, -0.2) is 6.54 Å². The van der Waals surface area contributed by atoms with Gasteiger partial charge in [0.05, 0.1) is 6.04 Å². The van der Waals surface area contributed by atoms with E-state index in [1.807, 2.05) is 13.0 Å². The average Bonchev–Trinajstić information content (AvgIpc) is 2.43. The van der Waals surface area contributed by atoms with Gasteiger partial charge in [0.25, 0.3) is 0 Å². The van der Waals surface area contributed by atoms with E-state index in [1.54, 1.807) is 38.1 Å². The fraction of sp³-hybridized carbons (Fsp3) is 0.294. The molecule has 0 aliphatic carbocycles. The predicted octanol–water partition coefficient (Wildman–Crippen LogP) is 4.28. The summed E-state index contributed by atoms with van der Waals surface area (Å²) in [5, 5.41) is 3.27. The molecule has 0 radical (unpaired) electrons. The molecule has 0 spiro atoms. The molecule has 0 saturated carbocycles. The second kappa shape index (κ2) is 6.14. The summed E-state index contributed by atoms with van der Waals surface area (Å²) in [5.74, 6) is -0.449. The summed E-state index contributed by atoms with van der Waals surface area (Å²) < 4.78 is 27.8. The van der Waals surface area contributed by atoms with Gasteiger partial charge < -0.3 is 5.32 Å². The van der Waals surface area contributed by atoms with Crippen molar-refractivity contribution in [1.82, 2.24) is 5.32 Å². The fourth-order valence-electron chi connectivity index (χ4n) is 2.47. The van der Waals surface area contributed by atoms with Crippen LogP contribution in [0.5, 0.6) is 0 Å². The van der Waals surface area contributed by atoms with Gasteiger partial charge in [-0.05, 0) is 43.1 Å². The van der Waals surface area contributed by atoms with Gasteiger partial charge in [0.15, 0.2) is 0 Å². The van der Waals surface area contributed by atoms with Crippen molar-refractivity contribution in [2.45, 2.75) is 26.8 Å². The Morgan fingerprint density at radius 1 is 1.05 bits per heavy atom. The molecule has 2 rings (SSSR count). The minimum Gasteiger partial charge on any atom is -0.306 e. The highest BCUT2D eigenvalue weighted by atomic mass is 19.1. The Labute approximate surface area is 118 Å². The molecule has 2 aromatic carbocycles. The Morgan fingerprint density at radius 3 is 2.20 bits per heavy atom. The van der Waals surface area contributed by atoms with Crippen molar-refractivity contribution < 1.29 is 8.78 Å². The molecule has 0 heterocycles. The second-order valence-electron chi connectivity index (χ2n) is 4.98. The highest BCUT2D eigenvalue weighted by Crippen LogP contribution is 2.27. The van der Waals surface area contributed by atoms with Crippen molar-refractivity contribution in [3.05, 3.63) is 70.3 Å². The summed E-state index contributed by atoms with van der Waals surface area (Å²) in [6.45, 7) is 6.14. The first-order valence-electron chi connectivity index (χ1n) is 6.79. The number of halogens is 2. The summed E-state index contributed by atoms with van der Waals surface area (Å²) >= 11 is 0. The van der Waals surface area contributed by atoms with E-state index in [1.165, 1.54) is 6.07 Å². The number of benzene rings is 2. The van der Waals surface area contributed by atoms with Gasteiger partial charge in [-0.2, -0.15) is 0 Å². The third-order valence-electron chi connectivity index (χ3n) is 3.42. The zero-order valence-corrected chi connectivity index (χ0v) is 12.0. The maximum atomic E-state index is 14.0. The Hall–Kier alpha value is -1.74. The van der Waals surface area contributed by atoms with Crippen LogP contribution in [0.2, 0.25) is 0 Å². The lowest BCUT2D eigenvalue weighted by atomic mass is 9.95. The van der Waals surface area contributed by atoms with Crippen molar-refractivity contribution in [1.29, 1.82) is 0 Å². The lowest BCUT2D eigenvalue weighted by Gasteiger charge is -2.21. The van der Waals surface area contributed by atoms with Crippen molar-refractivity contribution >= 4 is 0 Å². The number of aryl methyl sites for hydroxylation is 2. The van der Waals surface area contributed by atoms with E-state index in [2.05, 4.69) is 5.32 Å². The monoisotopic (exact) mass is 275 g/mol. The molecule has 0 aromatic heterocycles. The zero-order valence-electron chi connectivity index (χ0n) is 12.0. The lowest BCUT2D eigenvalue weighted by Crippen LogP contribution is -2.23. The Kier molecular flexibility index (Phi) is 4.50. The largest absolute Gasteiger partial charge is 0.306 e. The van der Waals surface area contributed by atoms with Crippen LogP contribution in [0.4, 0.5) is 8.78 Å². The minimum atomic E-state index is -0.265. The Balaban J connectivity index is 2.52. The highest BCUT2D eigenvalue weighted by Gasteiger charge is 2.18. The SMILES string of the molecule is CCNC(c1cc(C)c(F)c(C)c1)c1ccccc1F. The quantitative estimate of drug-likeness (QED) is 0.878. The van der Waals surface area contributed by atoms with Gasteiger partial charge in [-0.3, -0.25) is 0 Å². The molecule has 3 heteroatoms. The molecule has 1 atom stereocenters. The van der Waals surface area contributed by atoms with Gasteiger partial charge in [-0.1, -0.05) is 37.3 Å². The van der Waals surface area contributed by atoms with E-state index >= 15 is 0 Å². The number of hydrogen-bond donors (Lipinski definition) is 1. The fourth-order valence-corrected chi connectivity index (χ4v) is 2.47. The zero-order chi connectivity index (χ0) is 14.7. The lowest BCUT2D eigenvalue weighted by molar-refractivity contribution is 0.556. The first-order chi connectivity index (χ1) is 9.54. The third kappa shape index (κ3) is 2.88. The van der Waals surface area contributed by atoms with Crippen LogP contribution < -0.4 is 5.32 Å². The molecular weight excluding hydrogens is 256 g/mol. The van der Waals surface area contributed by atoms with E-state index in [9.17, 15) is 8.78 Å². The topological polar surface area (TPSA) is 12.0 Å². The minimum absolute atomic E-state index is 0.197. The summed E-state index contributed by atoms with van der Waals surface area (Å²) in [4.78, 5) is 0. The molecule has 20 heavy (non-hydrogen) atoms. The number of nitrogens with one attached hydrogen (secondary N) is 1.